The number of hydrogen-bond donors (Lipinski definition) is 1. The van der Waals surface area contributed by atoms with Crippen molar-refractivity contribution in [3.63, 3.8) is 0 Å². The Labute approximate surface area is 170 Å². The molecule has 29 heavy (non-hydrogen) atoms. The minimum Gasteiger partial charge on any atom is -0.321 e. The highest BCUT2D eigenvalue weighted by atomic mass is 16.1. The molecule has 1 atom stereocenters. The molecule has 4 rings (SSSR count). The Morgan fingerprint density at radius 1 is 0.828 bits per heavy atom. The van der Waals surface area contributed by atoms with Crippen LogP contribution in [0.3, 0.4) is 0 Å². The Morgan fingerprint density at radius 2 is 1.24 bits per heavy atom. The maximum atomic E-state index is 12.5. The topological polar surface area (TPSA) is 60.9 Å². The molecule has 144 valence electrons. The van der Waals surface area contributed by atoms with Gasteiger partial charge in [-0.3, -0.25) is 4.79 Å². The monoisotopic (exact) mass is 381 g/mol. The van der Waals surface area contributed by atoms with E-state index in [1.165, 1.54) is 0 Å². The molecule has 0 bridgehead atoms. The number of nitrogens with two attached hydrogens (primary N) is 1. The first kappa shape index (κ1) is 18.8. The zero-order valence-electron chi connectivity index (χ0n) is 16.3. The van der Waals surface area contributed by atoms with E-state index in [-0.39, 0.29) is 5.78 Å². The fraction of sp³-hybridized carbons (Fsp3) is 0.120. The molecular weight excluding hydrogens is 358 g/mol. The maximum Gasteiger partial charge on any atom is 0.199 e. The van der Waals surface area contributed by atoms with E-state index in [0.717, 1.165) is 16.7 Å². The van der Waals surface area contributed by atoms with Gasteiger partial charge in [0.1, 0.15) is 11.2 Å². The summed E-state index contributed by atoms with van der Waals surface area (Å²) < 4.78 is 2.02. The summed E-state index contributed by atoms with van der Waals surface area (Å²) in [6.07, 6.45) is 3.53. The van der Waals surface area contributed by atoms with Gasteiger partial charge in [0.25, 0.3) is 0 Å². The summed E-state index contributed by atoms with van der Waals surface area (Å²) in [4.78, 5) is 16.9. The maximum absolute atomic E-state index is 12.5. The number of imidazole rings is 1. The van der Waals surface area contributed by atoms with Crippen molar-refractivity contribution in [3.05, 3.63) is 126 Å². The van der Waals surface area contributed by atoms with Gasteiger partial charge in [-0.1, -0.05) is 91.0 Å². The largest absolute Gasteiger partial charge is 0.321 e. The Balaban J connectivity index is 2.05. The molecule has 3 aromatic carbocycles. The third kappa shape index (κ3) is 3.28. The van der Waals surface area contributed by atoms with E-state index < -0.39 is 11.6 Å². The summed E-state index contributed by atoms with van der Waals surface area (Å²) in [7, 11) is 0. The first-order valence-corrected chi connectivity index (χ1v) is 9.65. The van der Waals surface area contributed by atoms with E-state index >= 15 is 0 Å². The molecule has 0 amide bonds. The van der Waals surface area contributed by atoms with Crippen LogP contribution in [0, 0.1) is 0 Å². The van der Waals surface area contributed by atoms with Crippen molar-refractivity contribution in [1.82, 2.24) is 9.55 Å². The predicted octanol–water partition coefficient (Wildman–Crippen LogP) is 4.25. The van der Waals surface area contributed by atoms with Gasteiger partial charge >= 0.3 is 0 Å². The SMILES string of the molecule is CC(N)C(=O)c1cn(C(c2ccccc2)(c2ccccc2)c2ccccc2)cn1. The van der Waals surface area contributed by atoms with Crippen molar-refractivity contribution in [3.8, 4) is 0 Å². The van der Waals surface area contributed by atoms with E-state index in [4.69, 9.17) is 5.73 Å². The number of benzene rings is 3. The van der Waals surface area contributed by atoms with E-state index in [2.05, 4.69) is 41.4 Å². The first-order valence-electron chi connectivity index (χ1n) is 9.65. The summed E-state index contributed by atoms with van der Waals surface area (Å²) in [6, 6.07) is 30.2. The van der Waals surface area contributed by atoms with Crippen LogP contribution >= 0.6 is 0 Å². The lowest BCUT2D eigenvalue weighted by Gasteiger charge is -2.37. The van der Waals surface area contributed by atoms with Crippen LogP contribution in [0.1, 0.15) is 34.1 Å². The van der Waals surface area contributed by atoms with Crippen molar-refractivity contribution in [1.29, 1.82) is 0 Å². The number of hydrogen-bond acceptors (Lipinski definition) is 3. The molecule has 0 aliphatic heterocycles. The molecule has 4 aromatic rings. The average molecular weight is 381 g/mol. The van der Waals surface area contributed by atoms with E-state index in [1.54, 1.807) is 19.4 Å². The lowest BCUT2D eigenvalue weighted by Crippen LogP contribution is -2.37. The van der Waals surface area contributed by atoms with Crippen LogP contribution in [0.25, 0.3) is 0 Å². The zero-order chi connectivity index (χ0) is 20.3. The quantitative estimate of drug-likeness (QED) is 0.401. The van der Waals surface area contributed by atoms with Crippen LogP contribution in [0.15, 0.2) is 104 Å². The summed E-state index contributed by atoms with van der Waals surface area (Å²) in [5.41, 5.74) is 8.75. The van der Waals surface area contributed by atoms with Crippen LogP contribution in [-0.2, 0) is 5.54 Å². The Morgan fingerprint density at radius 3 is 1.62 bits per heavy atom. The number of Topliss-reactive ketones (excluding diaryl/α,β-unsaturated/α-hetero) is 1. The number of aromatic nitrogens is 2. The van der Waals surface area contributed by atoms with Gasteiger partial charge in [-0.25, -0.2) is 4.98 Å². The van der Waals surface area contributed by atoms with Crippen molar-refractivity contribution in [2.75, 3.05) is 0 Å². The lowest BCUT2D eigenvalue weighted by atomic mass is 9.77. The zero-order valence-corrected chi connectivity index (χ0v) is 16.3. The van der Waals surface area contributed by atoms with Gasteiger partial charge < -0.3 is 10.3 Å². The standard InChI is InChI=1S/C25H23N3O/c1-19(26)24(29)23-17-28(18-27-23)25(20-11-5-2-6-12-20,21-13-7-3-8-14-21)22-15-9-4-10-16-22/h2-19H,26H2,1H3. The number of ketones is 1. The fourth-order valence-electron chi connectivity index (χ4n) is 3.85. The molecule has 1 heterocycles. The van der Waals surface area contributed by atoms with Crippen LogP contribution < -0.4 is 5.73 Å². The van der Waals surface area contributed by atoms with Gasteiger partial charge in [0.2, 0.25) is 0 Å². The number of nitrogens with zero attached hydrogens (tertiary/aromatic N) is 2. The Hall–Kier alpha value is -3.50. The first-order chi connectivity index (χ1) is 14.1. The molecule has 1 unspecified atom stereocenters. The smallest absolute Gasteiger partial charge is 0.199 e. The minimum atomic E-state index is -0.673. The summed E-state index contributed by atoms with van der Waals surface area (Å²) >= 11 is 0. The number of rotatable bonds is 6. The van der Waals surface area contributed by atoms with E-state index in [1.807, 2.05) is 59.2 Å². The van der Waals surface area contributed by atoms with Gasteiger partial charge in [-0.2, -0.15) is 0 Å². The molecule has 4 nitrogen and oxygen atoms in total. The van der Waals surface area contributed by atoms with Crippen LogP contribution in [0.4, 0.5) is 0 Å². The summed E-state index contributed by atoms with van der Waals surface area (Å²) in [6.45, 7) is 1.68. The molecule has 1 aromatic heterocycles. The van der Waals surface area contributed by atoms with Crippen molar-refractivity contribution < 1.29 is 4.79 Å². The van der Waals surface area contributed by atoms with Gasteiger partial charge in [-0.05, 0) is 23.6 Å². The second kappa shape index (κ2) is 7.86. The third-order valence-electron chi connectivity index (χ3n) is 5.21. The number of carbonyl (C=O) groups excluding carboxylic acids is 1. The molecule has 4 heteroatoms. The molecule has 0 aliphatic carbocycles. The Bertz CT molecular complexity index is 990. The van der Waals surface area contributed by atoms with Crippen molar-refractivity contribution in [2.24, 2.45) is 5.73 Å². The minimum absolute atomic E-state index is 0.174. The van der Waals surface area contributed by atoms with Crippen LogP contribution in [0.2, 0.25) is 0 Å². The molecule has 0 radical (unpaired) electrons. The number of carbonyl (C=O) groups is 1. The summed E-state index contributed by atoms with van der Waals surface area (Å²) in [5.74, 6) is -0.174. The predicted molar refractivity (Wildman–Crippen MR) is 115 cm³/mol. The molecule has 2 N–H and O–H groups in total. The van der Waals surface area contributed by atoms with Crippen molar-refractivity contribution >= 4 is 5.78 Å². The Kier molecular flexibility index (Phi) is 5.10. The van der Waals surface area contributed by atoms with E-state index in [9.17, 15) is 4.79 Å². The van der Waals surface area contributed by atoms with Gasteiger partial charge in [0.15, 0.2) is 5.78 Å². The molecular formula is C25H23N3O. The highest BCUT2D eigenvalue weighted by molar-refractivity contribution is 5.97. The van der Waals surface area contributed by atoms with Gasteiger partial charge in [-0.15, -0.1) is 0 Å². The highest BCUT2D eigenvalue weighted by Crippen LogP contribution is 2.40. The van der Waals surface area contributed by atoms with Crippen molar-refractivity contribution in [2.45, 2.75) is 18.5 Å². The normalized spacial score (nSPS) is 12.5. The molecule has 0 aliphatic rings. The summed E-state index contributed by atoms with van der Waals surface area (Å²) in [5, 5.41) is 0. The molecule has 0 saturated heterocycles. The van der Waals surface area contributed by atoms with Gasteiger partial charge in [0, 0.05) is 6.20 Å². The highest BCUT2D eigenvalue weighted by Gasteiger charge is 2.38. The average Bonchev–Trinajstić information content (AvgIpc) is 3.26. The van der Waals surface area contributed by atoms with E-state index in [0.29, 0.717) is 5.69 Å². The fourth-order valence-corrected chi connectivity index (χ4v) is 3.85. The van der Waals surface area contributed by atoms with Crippen LogP contribution in [-0.4, -0.2) is 21.4 Å². The molecule has 0 spiro atoms. The lowest BCUT2D eigenvalue weighted by molar-refractivity contribution is 0.0963. The second-order valence-corrected chi connectivity index (χ2v) is 7.13. The molecule has 0 fully saturated rings. The third-order valence-corrected chi connectivity index (χ3v) is 5.21. The molecule has 0 saturated carbocycles. The van der Waals surface area contributed by atoms with Gasteiger partial charge in [0.05, 0.1) is 12.4 Å². The van der Waals surface area contributed by atoms with Crippen LogP contribution in [0.5, 0.6) is 0 Å². The second-order valence-electron chi connectivity index (χ2n) is 7.13.